The van der Waals surface area contributed by atoms with Gasteiger partial charge in [-0.15, -0.1) is 0 Å². The Hall–Kier alpha value is -1.02. The van der Waals surface area contributed by atoms with E-state index in [1.54, 1.807) is 0 Å². The van der Waals surface area contributed by atoms with Gasteiger partial charge in [-0.25, -0.2) is 4.79 Å². The second kappa shape index (κ2) is 2.79. The molecule has 1 N–H and O–H groups in total. The highest BCUT2D eigenvalue weighted by atomic mass is 31.2. The molecule has 12 heavy (non-hydrogen) atoms. The van der Waals surface area contributed by atoms with Crippen molar-refractivity contribution in [2.75, 3.05) is 13.3 Å². The van der Waals surface area contributed by atoms with Crippen LogP contribution in [0.2, 0.25) is 0 Å². The Bertz CT molecular complexity index is 346. The van der Waals surface area contributed by atoms with Crippen molar-refractivity contribution >= 4 is 18.6 Å². The van der Waals surface area contributed by atoms with Gasteiger partial charge in [-0.05, 0) is 25.5 Å². The second-order valence-electron chi connectivity index (χ2n) is 2.79. The van der Waals surface area contributed by atoms with E-state index >= 15 is 0 Å². The normalized spacial score (nSPS) is 11.5. The van der Waals surface area contributed by atoms with Crippen LogP contribution in [0.1, 0.15) is 10.6 Å². The van der Waals surface area contributed by atoms with Crippen molar-refractivity contribution in [1.82, 2.24) is 0 Å². The SMILES string of the molecule is CP(C)(=O)c1ccc(C(=O)O)o1. The third-order valence-electron chi connectivity index (χ3n) is 1.33. The minimum Gasteiger partial charge on any atom is -0.475 e. The van der Waals surface area contributed by atoms with Crippen LogP contribution in [0.25, 0.3) is 0 Å². The topological polar surface area (TPSA) is 67.5 Å². The molecule has 0 atom stereocenters. The molecular weight excluding hydrogens is 179 g/mol. The molecule has 1 heterocycles. The predicted molar refractivity (Wildman–Crippen MR) is 44.8 cm³/mol. The molecule has 0 spiro atoms. The molecule has 0 bridgehead atoms. The zero-order valence-corrected chi connectivity index (χ0v) is 7.67. The minimum atomic E-state index is -2.47. The Morgan fingerprint density at radius 2 is 2.08 bits per heavy atom. The zero-order chi connectivity index (χ0) is 9.35. The molecule has 0 aliphatic heterocycles. The van der Waals surface area contributed by atoms with Crippen LogP contribution in [-0.4, -0.2) is 24.4 Å². The van der Waals surface area contributed by atoms with E-state index in [1.165, 1.54) is 25.5 Å². The average Bonchev–Trinajstić information content (AvgIpc) is 2.30. The summed E-state index contributed by atoms with van der Waals surface area (Å²) in [5.74, 6) is -1.32. The molecule has 0 aliphatic rings. The first-order valence-electron chi connectivity index (χ1n) is 3.30. The van der Waals surface area contributed by atoms with Crippen LogP contribution in [0, 0.1) is 0 Å². The first-order valence-corrected chi connectivity index (χ1v) is 5.90. The number of aromatic carboxylic acids is 1. The predicted octanol–water partition coefficient (Wildman–Crippen LogP) is 1.23. The highest BCUT2D eigenvalue weighted by Gasteiger charge is 2.18. The van der Waals surface area contributed by atoms with Gasteiger partial charge in [0.15, 0.2) is 5.50 Å². The lowest BCUT2D eigenvalue weighted by Gasteiger charge is -1.99. The highest BCUT2D eigenvalue weighted by Crippen LogP contribution is 2.34. The molecule has 0 aliphatic carbocycles. The van der Waals surface area contributed by atoms with E-state index in [1.807, 2.05) is 0 Å². The third-order valence-corrected chi connectivity index (χ3v) is 2.64. The summed E-state index contributed by atoms with van der Waals surface area (Å²) in [7, 11) is -2.47. The number of furan rings is 1. The number of rotatable bonds is 2. The van der Waals surface area contributed by atoms with E-state index in [-0.39, 0.29) is 11.3 Å². The maximum atomic E-state index is 11.4. The first-order chi connectivity index (χ1) is 5.41. The lowest BCUT2D eigenvalue weighted by atomic mass is 10.5. The first kappa shape index (κ1) is 9.07. The number of hydrogen-bond acceptors (Lipinski definition) is 3. The van der Waals surface area contributed by atoms with Crippen molar-refractivity contribution in [3.8, 4) is 0 Å². The number of hydrogen-bond donors (Lipinski definition) is 1. The van der Waals surface area contributed by atoms with Gasteiger partial charge in [-0.3, -0.25) is 0 Å². The molecule has 66 valence electrons. The summed E-state index contributed by atoms with van der Waals surface area (Å²) in [6.45, 7) is 3.05. The summed E-state index contributed by atoms with van der Waals surface area (Å²) >= 11 is 0. The van der Waals surface area contributed by atoms with Gasteiger partial charge in [0.05, 0.1) is 0 Å². The van der Waals surface area contributed by atoms with Crippen molar-refractivity contribution in [3.63, 3.8) is 0 Å². The van der Waals surface area contributed by atoms with Gasteiger partial charge in [0, 0.05) is 0 Å². The maximum Gasteiger partial charge on any atom is 0.371 e. The maximum absolute atomic E-state index is 11.4. The standard InChI is InChI=1S/C7H9O4P/c1-12(2,10)6-4-3-5(11-6)7(8)9/h3-4H,1-2H3,(H,8,9). The van der Waals surface area contributed by atoms with Crippen molar-refractivity contribution in [2.24, 2.45) is 0 Å². The summed E-state index contributed by atoms with van der Waals surface area (Å²) in [5.41, 5.74) is 0.250. The van der Waals surface area contributed by atoms with E-state index in [9.17, 15) is 9.36 Å². The molecule has 0 amide bonds. The van der Waals surface area contributed by atoms with Crippen LogP contribution in [0.4, 0.5) is 0 Å². The smallest absolute Gasteiger partial charge is 0.371 e. The van der Waals surface area contributed by atoms with Gasteiger partial charge in [-0.2, -0.15) is 0 Å². The Kier molecular flexibility index (Phi) is 2.11. The fourth-order valence-electron chi connectivity index (χ4n) is 0.732. The average molecular weight is 188 g/mol. The quantitative estimate of drug-likeness (QED) is 0.708. The fraction of sp³-hybridized carbons (Fsp3) is 0.286. The lowest BCUT2D eigenvalue weighted by Crippen LogP contribution is -1.99. The van der Waals surface area contributed by atoms with E-state index in [2.05, 4.69) is 0 Å². The van der Waals surface area contributed by atoms with E-state index < -0.39 is 13.1 Å². The molecule has 1 aromatic rings. The zero-order valence-electron chi connectivity index (χ0n) is 6.77. The molecule has 1 aromatic heterocycles. The molecule has 0 fully saturated rings. The minimum absolute atomic E-state index is 0.172. The Morgan fingerprint density at radius 3 is 2.33 bits per heavy atom. The van der Waals surface area contributed by atoms with E-state index in [0.29, 0.717) is 0 Å². The van der Waals surface area contributed by atoms with Crippen molar-refractivity contribution in [2.45, 2.75) is 0 Å². The largest absolute Gasteiger partial charge is 0.475 e. The van der Waals surface area contributed by atoms with Crippen LogP contribution < -0.4 is 5.50 Å². The van der Waals surface area contributed by atoms with Crippen LogP contribution in [0.3, 0.4) is 0 Å². The Morgan fingerprint density at radius 1 is 1.50 bits per heavy atom. The molecule has 5 heteroatoms. The lowest BCUT2D eigenvalue weighted by molar-refractivity contribution is 0.0664. The van der Waals surface area contributed by atoms with Gasteiger partial charge in [-0.1, -0.05) is 0 Å². The van der Waals surface area contributed by atoms with Crippen molar-refractivity contribution in [3.05, 3.63) is 17.9 Å². The van der Waals surface area contributed by atoms with Crippen LogP contribution in [-0.2, 0) is 4.57 Å². The van der Waals surface area contributed by atoms with Crippen molar-refractivity contribution < 1.29 is 18.9 Å². The van der Waals surface area contributed by atoms with Gasteiger partial charge in [0.25, 0.3) is 0 Å². The van der Waals surface area contributed by atoms with E-state index in [0.717, 1.165) is 0 Å². The molecule has 0 radical (unpaired) electrons. The summed E-state index contributed by atoms with van der Waals surface area (Å²) in [5, 5.41) is 8.48. The summed E-state index contributed by atoms with van der Waals surface area (Å²) < 4.78 is 16.2. The molecule has 0 saturated carbocycles. The van der Waals surface area contributed by atoms with E-state index in [4.69, 9.17) is 9.52 Å². The number of carboxylic acids is 1. The van der Waals surface area contributed by atoms with Gasteiger partial charge in [0.1, 0.15) is 7.14 Å². The van der Waals surface area contributed by atoms with Crippen LogP contribution in [0.5, 0.6) is 0 Å². The molecule has 0 unspecified atom stereocenters. The number of carbonyl (C=O) groups is 1. The summed E-state index contributed by atoms with van der Waals surface area (Å²) in [6, 6.07) is 2.74. The summed E-state index contributed by atoms with van der Waals surface area (Å²) in [6.07, 6.45) is 0. The van der Waals surface area contributed by atoms with Gasteiger partial charge >= 0.3 is 5.97 Å². The molecule has 1 rings (SSSR count). The molecular formula is C7H9O4P. The Labute approximate surface area is 69.6 Å². The van der Waals surface area contributed by atoms with Crippen LogP contribution in [0.15, 0.2) is 16.5 Å². The number of carboxylic acid groups (broad SMARTS) is 1. The van der Waals surface area contributed by atoms with Crippen molar-refractivity contribution in [1.29, 1.82) is 0 Å². The third kappa shape index (κ3) is 1.77. The molecule has 0 saturated heterocycles. The fourth-order valence-corrected chi connectivity index (χ4v) is 1.48. The highest BCUT2D eigenvalue weighted by molar-refractivity contribution is 7.69. The summed E-state index contributed by atoms with van der Waals surface area (Å²) in [4.78, 5) is 10.4. The van der Waals surface area contributed by atoms with Gasteiger partial charge < -0.3 is 14.1 Å². The molecule has 0 aromatic carbocycles. The monoisotopic (exact) mass is 188 g/mol. The second-order valence-corrected chi connectivity index (χ2v) is 5.94. The molecule has 4 nitrogen and oxygen atoms in total. The Balaban J connectivity index is 3.08. The van der Waals surface area contributed by atoms with Crippen LogP contribution >= 0.6 is 7.14 Å². The van der Waals surface area contributed by atoms with Gasteiger partial charge in [0.2, 0.25) is 5.76 Å².